The minimum Gasteiger partial charge on any atom is -0.330 e. The van der Waals surface area contributed by atoms with Gasteiger partial charge in [0.15, 0.2) is 0 Å². The monoisotopic (exact) mass is 355 g/mol. The van der Waals surface area contributed by atoms with Gasteiger partial charge in [0, 0.05) is 18.7 Å². The molecule has 0 radical (unpaired) electrons. The summed E-state index contributed by atoms with van der Waals surface area (Å²) < 4.78 is 0. The zero-order valence-electron chi connectivity index (χ0n) is 16.3. The second-order valence-electron chi connectivity index (χ2n) is 8.15. The van der Waals surface area contributed by atoms with Crippen molar-refractivity contribution in [1.29, 1.82) is 0 Å². The average molecular weight is 356 g/mol. The highest BCUT2D eigenvalue weighted by molar-refractivity contribution is 6.81. The van der Waals surface area contributed by atoms with Gasteiger partial charge in [-0.3, -0.25) is 4.79 Å². The predicted molar refractivity (Wildman–Crippen MR) is 110 cm³/mol. The number of benzene rings is 1. The molecule has 0 atom stereocenters. The molecule has 1 aliphatic heterocycles. The SMILES string of the molecule is CCCCCC/C=C1\CN(Cc2ccccc2)C(=O)\C1=C/[Si](C)(C)C. The van der Waals surface area contributed by atoms with E-state index in [1.807, 2.05) is 23.1 Å². The van der Waals surface area contributed by atoms with Crippen LogP contribution in [0.3, 0.4) is 0 Å². The molecule has 136 valence electrons. The lowest BCUT2D eigenvalue weighted by molar-refractivity contribution is -0.125. The Hall–Kier alpha value is -1.61. The van der Waals surface area contributed by atoms with Crippen LogP contribution in [0.1, 0.15) is 44.6 Å². The van der Waals surface area contributed by atoms with Gasteiger partial charge in [-0.05, 0) is 24.0 Å². The number of allylic oxidation sites excluding steroid dienone is 1. The van der Waals surface area contributed by atoms with Crippen LogP contribution >= 0.6 is 0 Å². The Morgan fingerprint density at radius 2 is 1.80 bits per heavy atom. The largest absolute Gasteiger partial charge is 0.330 e. The van der Waals surface area contributed by atoms with Crippen molar-refractivity contribution < 1.29 is 4.79 Å². The first-order chi connectivity index (χ1) is 11.9. The van der Waals surface area contributed by atoms with Gasteiger partial charge in [0.1, 0.15) is 0 Å². The molecule has 0 N–H and O–H groups in total. The van der Waals surface area contributed by atoms with Crippen LogP contribution in [0.2, 0.25) is 19.6 Å². The molecule has 0 unspecified atom stereocenters. The van der Waals surface area contributed by atoms with Crippen molar-refractivity contribution in [3.63, 3.8) is 0 Å². The van der Waals surface area contributed by atoms with Crippen molar-refractivity contribution >= 4 is 14.0 Å². The second kappa shape index (κ2) is 9.19. The number of likely N-dealkylation sites (tertiary alicyclic amines) is 1. The Morgan fingerprint density at radius 3 is 2.44 bits per heavy atom. The highest BCUT2D eigenvalue weighted by Gasteiger charge is 2.31. The van der Waals surface area contributed by atoms with Crippen LogP contribution in [0.15, 0.2) is 53.3 Å². The van der Waals surface area contributed by atoms with Crippen LogP contribution in [0, 0.1) is 0 Å². The van der Waals surface area contributed by atoms with Crippen molar-refractivity contribution in [3.05, 3.63) is 58.8 Å². The van der Waals surface area contributed by atoms with E-state index >= 15 is 0 Å². The molecule has 0 spiro atoms. The summed E-state index contributed by atoms with van der Waals surface area (Å²) in [5.74, 6) is 0.214. The number of hydrogen-bond acceptors (Lipinski definition) is 1. The van der Waals surface area contributed by atoms with E-state index in [1.54, 1.807) is 0 Å². The number of nitrogens with zero attached hydrogens (tertiary/aromatic N) is 1. The summed E-state index contributed by atoms with van der Waals surface area (Å²) in [6.45, 7) is 10.6. The Bertz CT molecular complexity index is 625. The topological polar surface area (TPSA) is 20.3 Å². The summed E-state index contributed by atoms with van der Waals surface area (Å²) >= 11 is 0. The molecule has 0 bridgehead atoms. The van der Waals surface area contributed by atoms with Gasteiger partial charge in [0.2, 0.25) is 0 Å². The molecule has 1 heterocycles. The van der Waals surface area contributed by atoms with E-state index in [1.165, 1.54) is 36.8 Å². The standard InChI is InChI=1S/C22H33NOSi/c1-5-6-7-8-12-15-20-17-23(16-19-13-10-9-11-14-19)22(24)21(20)18-25(2,3)4/h9-11,13-15,18H,5-8,12,16-17H2,1-4H3/b20-15+,21-18-. The molecule has 25 heavy (non-hydrogen) atoms. The molecule has 1 amide bonds. The molecule has 3 heteroatoms. The van der Waals surface area contributed by atoms with Crippen molar-refractivity contribution in [3.8, 4) is 0 Å². The molecule has 1 aromatic carbocycles. The van der Waals surface area contributed by atoms with E-state index in [2.05, 4.69) is 50.5 Å². The lowest BCUT2D eigenvalue weighted by Crippen LogP contribution is -2.25. The van der Waals surface area contributed by atoms with Crippen molar-refractivity contribution in [1.82, 2.24) is 4.90 Å². The van der Waals surface area contributed by atoms with Gasteiger partial charge in [0.25, 0.3) is 5.91 Å². The van der Waals surface area contributed by atoms with E-state index < -0.39 is 8.07 Å². The van der Waals surface area contributed by atoms with Crippen LogP contribution in [-0.2, 0) is 11.3 Å². The van der Waals surface area contributed by atoms with Gasteiger partial charge in [-0.2, -0.15) is 0 Å². The molecular weight excluding hydrogens is 322 g/mol. The summed E-state index contributed by atoms with van der Waals surface area (Å²) in [6, 6.07) is 10.3. The van der Waals surface area contributed by atoms with E-state index in [0.717, 1.165) is 18.5 Å². The first-order valence-corrected chi connectivity index (χ1v) is 13.2. The van der Waals surface area contributed by atoms with Gasteiger partial charge >= 0.3 is 0 Å². The average Bonchev–Trinajstić information content (AvgIpc) is 2.83. The van der Waals surface area contributed by atoms with Crippen molar-refractivity contribution in [2.45, 2.75) is 65.2 Å². The number of rotatable bonds is 8. The third-order valence-electron chi connectivity index (χ3n) is 4.47. The highest BCUT2D eigenvalue weighted by Crippen LogP contribution is 2.28. The molecule has 1 aliphatic rings. The quantitative estimate of drug-likeness (QED) is 0.331. The van der Waals surface area contributed by atoms with E-state index in [4.69, 9.17) is 0 Å². The van der Waals surface area contributed by atoms with E-state index in [9.17, 15) is 4.79 Å². The summed E-state index contributed by atoms with van der Waals surface area (Å²) in [4.78, 5) is 15.0. The molecule has 0 aromatic heterocycles. The van der Waals surface area contributed by atoms with Crippen molar-refractivity contribution in [2.75, 3.05) is 6.54 Å². The molecular formula is C22H33NOSi. The predicted octanol–water partition coefficient (Wildman–Crippen LogP) is 5.73. The Labute approximate surface area is 154 Å². The first-order valence-electron chi connectivity index (χ1n) is 9.66. The van der Waals surface area contributed by atoms with Crippen LogP contribution in [-0.4, -0.2) is 25.4 Å². The summed E-state index contributed by atoms with van der Waals surface area (Å²) in [5, 5.41) is 0. The molecule has 1 aromatic rings. The summed E-state index contributed by atoms with van der Waals surface area (Å²) in [5.41, 5.74) is 5.72. The van der Waals surface area contributed by atoms with E-state index in [0.29, 0.717) is 6.54 Å². The Kier molecular flexibility index (Phi) is 7.24. The van der Waals surface area contributed by atoms with Gasteiger partial charge < -0.3 is 4.90 Å². The zero-order valence-corrected chi connectivity index (χ0v) is 17.3. The van der Waals surface area contributed by atoms with Crippen LogP contribution in [0.25, 0.3) is 0 Å². The van der Waals surface area contributed by atoms with Crippen LogP contribution in [0.5, 0.6) is 0 Å². The second-order valence-corrected chi connectivity index (χ2v) is 13.2. The minimum atomic E-state index is -1.44. The fraction of sp³-hybridized carbons (Fsp3) is 0.500. The van der Waals surface area contributed by atoms with Crippen LogP contribution < -0.4 is 0 Å². The molecule has 2 nitrogen and oxygen atoms in total. The third-order valence-corrected chi connectivity index (χ3v) is 5.62. The maximum absolute atomic E-state index is 13.0. The Morgan fingerprint density at radius 1 is 1.08 bits per heavy atom. The maximum Gasteiger partial charge on any atom is 0.254 e. The first kappa shape index (κ1) is 19.7. The smallest absolute Gasteiger partial charge is 0.254 e. The van der Waals surface area contributed by atoms with Crippen molar-refractivity contribution in [2.24, 2.45) is 0 Å². The van der Waals surface area contributed by atoms with Gasteiger partial charge in [-0.1, -0.05) is 87.9 Å². The number of carbonyl (C=O) groups is 1. The third kappa shape index (κ3) is 6.31. The molecule has 0 saturated carbocycles. The lowest BCUT2D eigenvalue weighted by Gasteiger charge is -2.15. The number of amides is 1. The zero-order chi connectivity index (χ0) is 18.3. The fourth-order valence-corrected chi connectivity index (χ4v) is 4.39. The number of carbonyl (C=O) groups excluding carboxylic acids is 1. The van der Waals surface area contributed by atoms with Gasteiger partial charge in [-0.25, -0.2) is 0 Å². The molecule has 2 rings (SSSR count). The lowest BCUT2D eigenvalue weighted by atomic mass is 10.1. The maximum atomic E-state index is 13.0. The summed E-state index contributed by atoms with van der Waals surface area (Å²) in [6.07, 6.45) is 8.50. The summed E-state index contributed by atoms with van der Waals surface area (Å²) in [7, 11) is -1.44. The molecule has 0 aliphatic carbocycles. The van der Waals surface area contributed by atoms with E-state index in [-0.39, 0.29) is 5.91 Å². The molecule has 1 saturated heterocycles. The number of hydrogen-bond donors (Lipinski definition) is 0. The number of unbranched alkanes of at least 4 members (excludes halogenated alkanes) is 4. The Balaban J connectivity index is 2.13. The van der Waals surface area contributed by atoms with Gasteiger partial charge in [-0.15, -0.1) is 0 Å². The normalized spacial score (nSPS) is 18.6. The highest BCUT2D eigenvalue weighted by atomic mass is 28.3. The minimum absolute atomic E-state index is 0.214. The molecule has 1 fully saturated rings. The fourth-order valence-electron chi connectivity index (χ4n) is 3.21. The van der Waals surface area contributed by atoms with Crippen LogP contribution in [0.4, 0.5) is 0 Å². The van der Waals surface area contributed by atoms with Gasteiger partial charge in [0.05, 0.1) is 8.07 Å².